The highest BCUT2D eigenvalue weighted by atomic mass is 32.2. The molecule has 0 atom stereocenters. The van der Waals surface area contributed by atoms with E-state index < -0.39 is 0 Å². The van der Waals surface area contributed by atoms with Crippen molar-refractivity contribution >= 4 is 23.4 Å². The van der Waals surface area contributed by atoms with E-state index in [1.807, 2.05) is 42.7 Å². The van der Waals surface area contributed by atoms with Crippen LogP contribution in [0.5, 0.6) is 11.5 Å². The minimum absolute atomic E-state index is 0.0398. The Labute approximate surface area is 140 Å². The summed E-state index contributed by atoms with van der Waals surface area (Å²) in [6.45, 7) is 0.489. The first-order valence-corrected chi connectivity index (χ1v) is 8.50. The van der Waals surface area contributed by atoms with Gasteiger partial charge in [-0.2, -0.15) is 0 Å². The standard InChI is InChI=1S/C17H20N2O3S/c1-21-14-6-8-15(9-7-14)22-11-3-4-16(20)19-13-5-10-17(23-2)18-12-13/h5-10,12H,3-4,11H2,1-2H3,(H,19,20). The number of carbonyl (C=O) groups excluding carboxylic acids is 1. The summed E-state index contributed by atoms with van der Waals surface area (Å²) in [5.74, 6) is 1.52. The van der Waals surface area contributed by atoms with Gasteiger partial charge in [-0.05, 0) is 49.1 Å². The summed E-state index contributed by atoms with van der Waals surface area (Å²) in [7, 11) is 1.62. The van der Waals surface area contributed by atoms with Crippen molar-refractivity contribution in [2.75, 3.05) is 25.3 Å². The minimum atomic E-state index is -0.0398. The number of rotatable bonds is 8. The maximum atomic E-state index is 11.8. The fraction of sp³-hybridized carbons (Fsp3) is 0.294. The molecule has 0 aliphatic heterocycles. The molecule has 5 nitrogen and oxygen atoms in total. The van der Waals surface area contributed by atoms with E-state index in [0.29, 0.717) is 25.1 Å². The first-order valence-electron chi connectivity index (χ1n) is 7.28. The SMILES string of the molecule is COc1ccc(OCCCC(=O)Nc2ccc(SC)nc2)cc1. The second-order valence-electron chi connectivity index (χ2n) is 4.76. The van der Waals surface area contributed by atoms with Crippen LogP contribution in [-0.4, -0.2) is 30.9 Å². The number of hydrogen-bond donors (Lipinski definition) is 1. The summed E-state index contributed by atoms with van der Waals surface area (Å²) >= 11 is 1.57. The third kappa shape index (κ3) is 5.83. The van der Waals surface area contributed by atoms with E-state index in [2.05, 4.69) is 10.3 Å². The Morgan fingerprint density at radius 3 is 2.52 bits per heavy atom. The number of amides is 1. The lowest BCUT2D eigenvalue weighted by molar-refractivity contribution is -0.116. The number of anilines is 1. The number of aromatic nitrogens is 1. The molecule has 2 aromatic rings. The van der Waals surface area contributed by atoms with Crippen LogP contribution in [-0.2, 0) is 4.79 Å². The third-order valence-electron chi connectivity index (χ3n) is 3.11. The van der Waals surface area contributed by atoms with E-state index in [4.69, 9.17) is 9.47 Å². The monoisotopic (exact) mass is 332 g/mol. The van der Waals surface area contributed by atoms with Crippen molar-refractivity contribution < 1.29 is 14.3 Å². The Hall–Kier alpha value is -2.21. The van der Waals surface area contributed by atoms with Crippen LogP contribution in [0.3, 0.4) is 0 Å². The molecule has 122 valence electrons. The van der Waals surface area contributed by atoms with Crippen LogP contribution in [0.4, 0.5) is 5.69 Å². The van der Waals surface area contributed by atoms with Crippen LogP contribution in [0.2, 0.25) is 0 Å². The highest BCUT2D eigenvalue weighted by Crippen LogP contribution is 2.17. The predicted octanol–water partition coefficient (Wildman–Crippen LogP) is 3.61. The summed E-state index contributed by atoms with van der Waals surface area (Å²) in [5.41, 5.74) is 0.712. The lowest BCUT2D eigenvalue weighted by Gasteiger charge is -2.08. The second-order valence-corrected chi connectivity index (χ2v) is 5.59. The zero-order valence-electron chi connectivity index (χ0n) is 13.2. The minimum Gasteiger partial charge on any atom is -0.497 e. The number of ether oxygens (including phenoxy) is 2. The molecule has 0 saturated carbocycles. The van der Waals surface area contributed by atoms with E-state index in [9.17, 15) is 4.79 Å². The number of hydrogen-bond acceptors (Lipinski definition) is 5. The van der Waals surface area contributed by atoms with Gasteiger partial charge in [0.2, 0.25) is 5.91 Å². The molecule has 23 heavy (non-hydrogen) atoms. The van der Waals surface area contributed by atoms with Crippen molar-refractivity contribution in [1.82, 2.24) is 4.98 Å². The quantitative estimate of drug-likeness (QED) is 0.591. The van der Waals surface area contributed by atoms with E-state index in [1.54, 1.807) is 25.1 Å². The fourth-order valence-corrected chi connectivity index (χ4v) is 2.26. The molecule has 1 amide bonds. The van der Waals surface area contributed by atoms with Crippen molar-refractivity contribution in [3.8, 4) is 11.5 Å². The van der Waals surface area contributed by atoms with Crippen LogP contribution in [0.25, 0.3) is 0 Å². The lowest BCUT2D eigenvalue weighted by Crippen LogP contribution is -2.13. The summed E-state index contributed by atoms with van der Waals surface area (Å²) in [6.07, 6.45) is 4.68. The molecular weight excluding hydrogens is 312 g/mol. The number of thioether (sulfide) groups is 1. The molecule has 0 bridgehead atoms. The Morgan fingerprint density at radius 2 is 1.91 bits per heavy atom. The van der Waals surface area contributed by atoms with Gasteiger partial charge in [0.25, 0.3) is 0 Å². The number of pyridine rings is 1. The van der Waals surface area contributed by atoms with E-state index >= 15 is 0 Å². The Bertz CT molecular complexity index is 615. The van der Waals surface area contributed by atoms with Gasteiger partial charge in [-0.1, -0.05) is 0 Å². The average Bonchev–Trinajstić information content (AvgIpc) is 2.60. The molecule has 2 rings (SSSR count). The Kier molecular flexibility index (Phi) is 6.75. The number of methoxy groups -OCH3 is 1. The van der Waals surface area contributed by atoms with Crippen LogP contribution >= 0.6 is 11.8 Å². The van der Waals surface area contributed by atoms with Gasteiger partial charge in [-0.3, -0.25) is 4.79 Å². The molecule has 0 fully saturated rings. The molecule has 1 aromatic carbocycles. The Balaban J connectivity index is 1.67. The molecule has 0 aliphatic rings. The Morgan fingerprint density at radius 1 is 1.17 bits per heavy atom. The number of benzene rings is 1. The molecule has 0 saturated heterocycles. The summed E-state index contributed by atoms with van der Waals surface area (Å²) in [4.78, 5) is 16.1. The molecule has 0 unspecified atom stereocenters. The van der Waals surface area contributed by atoms with Crippen LogP contribution in [0.15, 0.2) is 47.6 Å². The van der Waals surface area contributed by atoms with Crippen molar-refractivity contribution in [2.24, 2.45) is 0 Å². The third-order valence-corrected chi connectivity index (χ3v) is 3.77. The molecule has 0 radical (unpaired) electrons. The summed E-state index contributed by atoms with van der Waals surface area (Å²) < 4.78 is 10.7. The summed E-state index contributed by atoms with van der Waals surface area (Å²) in [5, 5.41) is 3.75. The highest BCUT2D eigenvalue weighted by molar-refractivity contribution is 7.98. The zero-order chi connectivity index (χ0) is 16.5. The molecular formula is C17H20N2O3S. The van der Waals surface area contributed by atoms with Gasteiger partial charge in [-0.15, -0.1) is 11.8 Å². The van der Waals surface area contributed by atoms with Crippen molar-refractivity contribution in [3.05, 3.63) is 42.6 Å². The molecule has 0 spiro atoms. The van der Waals surface area contributed by atoms with Crippen LogP contribution in [0.1, 0.15) is 12.8 Å². The first-order chi connectivity index (χ1) is 11.2. The molecule has 1 heterocycles. The number of carbonyl (C=O) groups is 1. The maximum absolute atomic E-state index is 11.8. The number of nitrogens with zero attached hydrogens (tertiary/aromatic N) is 1. The molecule has 1 aromatic heterocycles. The van der Waals surface area contributed by atoms with Gasteiger partial charge in [0, 0.05) is 6.42 Å². The van der Waals surface area contributed by atoms with Crippen LogP contribution < -0.4 is 14.8 Å². The van der Waals surface area contributed by atoms with Gasteiger partial charge < -0.3 is 14.8 Å². The van der Waals surface area contributed by atoms with Crippen molar-refractivity contribution in [2.45, 2.75) is 17.9 Å². The first kappa shape index (κ1) is 17.1. The maximum Gasteiger partial charge on any atom is 0.224 e. The topological polar surface area (TPSA) is 60.5 Å². The van der Waals surface area contributed by atoms with E-state index in [0.717, 1.165) is 16.5 Å². The number of nitrogens with one attached hydrogen (secondary N) is 1. The normalized spacial score (nSPS) is 10.2. The molecule has 6 heteroatoms. The largest absolute Gasteiger partial charge is 0.497 e. The summed E-state index contributed by atoms with van der Waals surface area (Å²) in [6, 6.07) is 11.1. The van der Waals surface area contributed by atoms with Gasteiger partial charge >= 0.3 is 0 Å². The van der Waals surface area contributed by atoms with E-state index in [1.165, 1.54) is 0 Å². The molecule has 0 aliphatic carbocycles. The van der Waals surface area contributed by atoms with Crippen LogP contribution in [0, 0.1) is 0 Å². The second kappa shape index (κ2) is 9.05. The molecule has 1 N–H and O–H groups in total. The van der Waals surface area contributed by atoms with Gasteiger partial charge in [-0.25, -0.2) is 4.98 Å². The van der Waals surface area contributed by atoms with Crippen molar-refractivity contribution in [1.29, 1.82) is 0 Å². The van der Waals surface area contributed by atoms with Gasteiger partial charge in [0.15, 0.2) is 0 Å². The van der Waals surface area contributed by atoms with Gasteiger partial charge in [0.1, 0.15) is 11.5 Å². The smallest absolute Gasteiger partial charge is 0.224 e. The lowest BCUT2D eigenvalue weighted by atomic mass is 10.3. The van der Waals surface area contributed by atoms with Gasteiger partial charge in [0.05, 0.1) is 30.6 Å². The average molecular weight is 332 g/mol. The van der Waals surface area contributed by atoms with E-state index in [-0.39, 0.29) is 5.91 Å². The van der Waals surface area contributed by atoms with Crippen molar-refractivity contribution in [3.63, 3.8) is 0 Å². The zero-order valence-corrected chi connectivity index (χ0v) is 14.1. The fourth-order valence-electron chi connectivity index (χ4n) is 1.89. The highest BCUT2D eigenvalue weighted by Gasteiger charge is 2.03. The predicted molar refractivity (Wildman–Crippen MR) is 92.4 cm³/mol.